The number of rotatable bonds is 5. The molecule has 0 aliphatic rings. The number of nitrogens with zero attached hydrogens (tertiary/aromatic N) is 1. The highest BCUT2D eigenvalue weighted by Crippen LogP contribution is 2.18. The molecule has 0 aliphatic heterocycles. The van der Waals surface area contributed by atoms with Gasteiger partial charge in [0.15, 0.2) is 0 Å². The van der Waals surface area contributed by atoms with Crippen molar-refractivity contribution in [1.29, 1.82) is 0 Å². The molecule has 120 valence electrons. The number of anilines is 3. The highest BCUT2D eigenvalue weighted by atomic mass is 16.3. The van der Waals surface area contributed by atoms with Gasteiger partial charge < -0.3 is 20.6 Å². The first-order valence-electron chi connectivity index (χ1n) is 7.19. The second-order valence-electron chi connectivity index (χ2n) is 4.97. The van der Waals surface area contributed by atoms with E-state index in [2.05, 4.69) is 10.6 Å². The van der Waals surface area contributed by atoms with Crippen molar-refractivity contribution in [3.05, 3.63) is 54.6 Å². The zero-order valence-electron chi connectivity index (χ0n) is 12.8. The van der Waals surface area contributed by atoms with Gasteiger partial charge in [0.25, 0.3) is 0 Å². The first-order valence-corrected chi connectivity index (χ1v) is 7.19. The predicted octanol–water partition coefficient (Wildman–Crippen LogP) is 1.82. The van der Waals surface area contributed by atoms with Gasteiger partial charge in [-0.2, -0.15) is 0 Å². The number of likely N-dealkylation sites (N-methyl/N-ethyl adjacent to an activating group) is 1. The third-order valence-corrected chi connectivity index (χ3v) is 3.18. The van der Waals surface area contributed by atoms with Crippen molar-refractivity contribution in [3.63, 3.8) is 0 Å². The minimum atomic E-state index is -0.732. The number of amides is 2. The second-order valence-corrected chi connectivity index (χ2v) is 4.97. The largest absolute Gasteiger partial charge is 0.395 e. The van der Waals surface area contributed by atoms with E-state index in [0.717, 1.165) is 11.4 Å². The molecule has 0 saturated carbocycles. The Balaban J connectivity index is 1.94. The Bertz CT molecular complexity index is 657. The number of carbonyl (C=O) groups is 2. The van der Waals surface area contributed by atoms with Gasteiger partial charge in [0, 0.05) is 30.7 Å². The Morgan fingerprint density at radius 2 is 1.52 bits per heavy atom. The van der Waals surface area contributed by atoms with Crippen molar-refractivity contribution in [2.45, 2.75) is 0 Å². The van der Waals surface area contributed by atoms with Gasteiger partial charge in [-0.3, -0.25) is 9.59 Å². The minimum absolute atomic E-state index is 0.117. The summed E-state index contributed by atoms with van der Waals surface area (Å²) in [5.74, 6) is -1.42. The van der Waals surface area contributed by atoms with Crippen LogP contribution in [0, 0.1) is 0 Å². The maximum Gasteiger partial charge on any atom is 0.313 e. The van der Waals surface area contributed by atoms with Crippen molar-refractivity contribution in [3.8, 4) is 0 Å². The summed E-state index contributed by atoms with van der Waals surface area (Å²) in [7, 11) is 1.46. The normalized spacial score (nSPS) is 10.0. The van der Waals surface area contributed by atoms with E-state index in [9.17, 15) is 9.59 Å². The first-order chi connectivity index (χ1) is 11.1. The molecule has 2 aromatic rings. The van der Waals surface area contributed by atoms with Gasteiger partial charge in [-0.05, 0) is 36.4 Å². The molecule has 0 fully saturated rings. The molecule has 2 amide bonds. The number of benzene rings is 2. The SMILES string of the molecule is CN(CCO)C(=O)C(=O)Nc1ccc(Nc2ccccc2)cc1. The number of aliphatic hydroxyl groups excluding tert-OH is 1. The van der Waals surface area contributed by atoms with Crippen LogP contribution in [-0.2, 0) is 9.59 Å². The number of hydrogen-bond donors (Lipinski definition) is 3. The van der Waals surface area contributed by atoms with Gasteiger partial charge in [-0.25, -0.2) is 0 Å². The van der Waals surface area contributed by atoms with Gasteiger partial charge in [0.05, 0.1) is 6.61 Å². The molecular formula is C17H19N3O3. The number of para-hydroxylation sites is 1. The van der Waals surface area contributed by atoms with E-state index in [1.807, 2.05) is 42.5 Å². The fourth-order valence-corrected chi connectivity index (χ4v) is 1.93. The highest BCUT2D eigenvalue weighted by molar-refractivity contribution is 6.39. The summed E-state index contributed by atoms with van der Waals surface area (Å²) in [6.07, 6.45) is 0. The number of hydrogen-bond acceptors (Lipinski definition) is 4. The molecule has 2 aromatic carbocycles. The topological polar surface area (TPSA) is 81.7 Å². The van der Waals surface area contributed by atoms with Crippen LogP contribution in [0.5, 0.6) is 0 Å². The van der Waals surface area contributed by atoms with Crippen molar-refractivity contribution < 1.29 is 14.7 Å². The Morgan fingerprint density at radius 1 is 0.957 bits per heavy atom. The Morgan fingerprint density at radius 3 is 2.13 bits per heavy atom. The van der Waals surface area contributed by atoms with Gasteiger partial charge >= 0.3 is 11.8 Å². The molecule has 23 heavy (non-hydrogen) atoms. The van der Waals surface area contributed by atoms with Crippen LogP contribution < -0.4 is 10.6 Å². The zero-order valence-corrected chi connectivity index (χ0v) is 12.8. The molecule has 6 heteroatoms. The molecule has 0 saturated heterocycles. The van der Waals surface area contributed by atoms with E-state index >= 15 is 0 Å². The molecule has 0 atom stereocenters. The van der Waals surface area contributed by atoms with Crippen molar-refractivity contribution >= 4 is 28.9 Å². The summed E-state index contributed by atoms with van der Waals surface area (Å²) in [5.41, 5.74) is 2.36. The third kappa shape index (κ3) is 4.82. The van der Waals surface area contributed by atoms with Crippen LogP contribution in [0.3, 0.4) is 0 Å². The maximum atomic E-state index is 11.8. The maximum absolute atomic E-state index is 11.8. The fraction of sp³-hybridized carbons (Fsp3) is 0.176. The summed E-state index contributed by atoms with van der Waals surface area (Å²) in [5, 5.41) is 14.5. The number of aliphatic hydroxyl groups is 1. The van der Waals surface area contributed by atoms with Gasteiger partial charge in [0.1, 0.15) is 0 Å². The number of carbonyl (C=O) groups excluding carboxylic acids is 2. The Hall–Kier alpha value is -2.86. The smallest absolute Gasteiger partial charge is 0.313 e. The van der Waals surface area contributed by atoms with Gasteiger partial charge in [-0.15, -0.1) is 0 Å². The highest BCUT2D eigenvalue weighted by Gasteiger charge is 2.18. The average molecular weight is 313 g/mol. The fourth-order valence-electron chi connectivity index (χ4n) is 1.93. The Kier molecular flexibility index (Phi) is 5.71. The molecule has 0 aliphatic carbocycles. The van der Waals surface area contributed by atoms with E-state index in [-0.39, 0.29) is 13.2 Å². The molecule has 6 nitrogen and oxygen atoms in total. The summed E-state index contributed by atoms with van der Waals surface area (Å²) in [4.78, 5) is 24.7. The van der Waals surface area contributed by atoms with Crippen LogP contribution in [0.2, 0.25) is 0 Å². The predicted molar refractivity (Wildman–Crippen MR) is 89.5 cm³/mol. The van der Waals surface area contributed by atoms with Gasteiger partial charge in [-0.1, -0.05) is 18.2 Å². The van der Waals surface area contributed by atoms with E-state index in [1.54, 1.807) is 12.1 Å². The third-order valence-electron chi connectivity index (χ3n) is 3.18. The molecule has 0 aromatic heterocycles. The molecule has 0 heterocycles. The lowest BCUT2D eigenvalue weighted by atomic mass is 10.2. The van der Waals surface area contributed by atoms with Crippen molar-refractivity contribution in [1.82, 2.24) is 4.90 Å². The molecule has 0 radical (unpaired) electrons. The van der Waals surface area contributed by atoms with E-state index in [0.29, 0.717) is 5.69 Å². The molecule has 0 spiro atoms. The molecular weight excluding hydrogens is 294 g/mol. The van der Waals surface area contributed by atoms with Crippen LogP contribution >= 0.6 is 0 Å². The monoisotopic (exact) mass is 313 g/mol. The lowest BCUT2D eigenvalue weighted by Crippen LogP contribution is -2.38. The second kappa shape index (κ2) is 7.95. The summed E-state index contributed by atoms with van der Waals surface area (Å²) >= 11 is 0. The first kappa shape index (κ1) is 16.5. The molecule has 0 unspecified atom stereocenters. The van der Waals surface area contributed by atoms with E-state index in [1.165, 1.54) is 11.9 Å². The van der Waals surface area contributed by atoms with E-state index < -0.39 is 11.8 Å². The summed E-state index contributed by atoms with van der Waals surface area (Å²) < 4.78 is 0. The van der Waals surface area contributed by atoms with E-state index in [4.69, 9.17) is 5.11 Å². The lowest BCUT2D eigenvalue weighted by Gasteiger charge is -2.15. The van der Waals surface area contributed by atoms with Crippen molar-refractivity contribution in [2.24, 2.45) is 0 Å². The molecule has 2 rings (SSSR count). The standard InChI is InChI=1S/C17H19N3O3/c1-20(11-12-21)17(23)16(22)19-15-9-7-14(8-10-15)18-13-5-3-2-4-6-13/h2-10,18,21H,11-12H2,1H3,(H,19,22). The van der Waals surface area contributed by atoms with Crippen LogP contribution in [0.1, 0.15) is 0 Å². The molecule has 3 N–H and O–H groups in total. The van der Waals surface area contributed by atoms with Crippen molar-refractivity contribution in [2.75, 3.05) is 30.8 Å². The zero-order chi connectivity index (χ0) is 16.7. The van der Waals surface area contributed by atoms with Crippen LogP contribution in [0.25, 0.3) is 0 Å². The average Bonchev–Trinajstić information content (AvgIpc) is 2.57. The number of nitrogens with one attached hydrogen (secondary N) is 2. The summed E-state index contributed by atoms with van der Waals surface area (Å²) in [6, 6.07) is 16.8. The lowest BCUT2D eigenvalue weighted by molar-refractivity contribution is -0.142. The molecule has 0 bridgehead atoms. The minimum Gasteiger partial charge on any atom is -0.395 e. The summed E-state index contributed by atoms with van der Waals surface area (Å²) in [6.45, 7) is -0.0679. The van der Waals surface area contributed by atoms with Crippen LogP contribution in [0.15, 0.2) is 54.6 Å². The quantitative estimate of drug-likeness (QED) is 0.736. The van der Waals surface area contributed by atoms with Gasteiger partial charge in [0.2, 0.25) is 0 Å². The Labute approximate surface area is 134 Å². The van der Waals surface area contributed by atoms with Crippen LogP contribution in [0.4, 0.5) is 17.1 Å². The van der Waals surface area contributed by atoms with Crippen LogP contribution in [-0.4, -0.2) is 42.0 Å².